The Hall–Kier alpha value is 0.150. The number of rotatable bonds is 0. The normalized spacial score (nSPS) is 8.75. The van der Waals surface area contributed by atoms with E-state index < -0.39 is 10.8 Å². The average molecular weight is 80.2 g/mol. The summed E-state index contributed by atoms with van der Waals surface area (Å²) in [4.78, 5) is 0. The molecule has 0 rings (SSSR count). The zero-order valence-corrected chi connectivity index (χ0v) is 3.63. The Labute approximate surface area is 30.0 Å². The topological polar surface area (TPSA) is 17.1 Å². The molecule has 28 valence electrons. The standard InChI is InChI=1S/C2H6OS.H2/c1-4(2)3;/h1-2H3;1H. The molecule has 0 radical (unpaired) electrons. The average Bonchev–Trinajstić information content (AvgIpc) is 0.811. The molecule has 0 aromatic rings. The fourth-order valence-corrected chi connectivity index (χ4v) is 0. The maximum absolute atomic E-state index is 9.56. The van der Waals surface area contributed by atoms with Crippen LogP contribution in [0.1, 0.15) is 1.43 Å². The van der Waals surface area contributed by atoms with Gasteiger partial charge >= 0.3 is 0 Å². The third-order valence-electron chi connectivity index (χ3n) is 0. The second-order valence-corrected chi connectivity index (χ2v) is 2.22. The van der Waals surface area contributed by atoms with Crippen LogP contribution in [0.5, 0.6) is 0 Å². The van der Waals surface area contributed by atoms with Gasteiger partial charge in [-0.05, 0) is 0 Å². The zero-order valence-electron chi connectivity index (χ0n) is 2.82. The molecule has 0 N–H and O–H groups in total. The Balaban J connectivity index is 0. The summed E-state index contributed by atoms with van der Waals surface area (Å²) in [5, 5.41) is 0. The fraction of sp³-hybridized carbons (Fsp3) is 1.00. The Morgan fingerprint density at radius 1 is 1.75 bits per heavy atom. The molecule has 0 aliphatic carbocycles. The molecule has 4 heavy (non-hydrogen) atoms. The van der Waals surface area contributed by atoms with E-state index in [-0.39, 0.29) is 1.43 Å². The first-order chi connectivity index (χ1) is 1.73. The summed E-state index contributed by atoms with van der Waals surface area (Å²) in [6.07, 6.45) is 3.28. The van der Waals surface area contributed by atoms with E-state index in [1.54, 1.807) is 12.5 Å². The highest BCUT2D eigenvalue weighted by Gasteiger charge is 1.57. The van der Waals surface area contributed by atoms with Crippen LogP contribution in [0, 0.1) is 0 Å². The lowest BCUT2D eigenvalue weighted by Crippen LogP contribution is -1.70. The fourth-order valence-electron chi connectivity index (χ4n) is 0. The first-order valence-electron chi connectivity index (χ1n) is 0.983. The summed E-state index contributed by atoms with van der Waals surface area (Å²) in [7, 11) is -0.611. The second kappa shape index (κ2) is 1.47. The van der Waals surface area contributed by atoms with Crippen molar-refractivity contribution in [3.63, 3.8) is 0 Å². The molecular weight excluding hydrogens is 72.1 g/mol. The molecule has 0 aliphatic rings. The van der Waals surface area contributed by atoms with E-state index in [0.29, 0.717) is 0 Å². The predicted octanol–water partition coefficient (Wildman–Crippen LogP) is 0.241. The van der Waals surface area contributed by atoms with Crippen molar-refractivity contribution in [1.82, 2.24) is 0 Å². The largest absolute Gasteiger partial charge is 0.260 e. The van der Waals surface area contributed by atoms with Crippen LogP contribution in [-0.2, 0) is 10.8 Å². The van der Waals surface area contributed by atoms with Gasteiger partial charge in [-0.2, -0.15) is 0 Å². The molecule has 0 heterocycles. The number of hydrogen-bond acceptors (Lipinski definition) is 1. The highest BCUT2D eigenvalue weighted by molar-refractivity contribution is 7.83. The quantitative estimate of drug-likeness (QED) is 0.407. The molecule has 0 fully saturated rings. The molecule has 0 saturated heterocycles. The Bertz CT molecular complexity index is 32.6. The highest BCUT2D eigenvalue weighted by atomic mass is 32.2. The molecule has 0 unspecified atom stereocenters. The van der Waals surface area contributed by atoms with Crippen LogP contribution in [0.4, 0.5) is 0 Å². The first-order valence-corrected chi connectivity index (χ1v) is 2.95. The molecule has 0 saturated carbocycles. The Kier molecular flexibility index (Phi) is 1.52. The summed E-state index contributed by atoms with van der Waals surface area (Å²) >= 11 is 0. The van der Waals surface area contributed by atoms with Gasteiger partial charge in [-0.15, -0.1) is 0 Å². The molecule has 0 atom stereocenters. The van der Waals surface area contributed by atoms with Gasteiger partial charge in [0.2, 0.25) is 0 Å². The van der Waals surface area contributed by atoms with E-state index in [9.17, 15) is 4.21 Å². The predicted molar refractivity (Wildman–Crippen MR) is 22.1 cm³/mol. The van der Waals surface area contributed by atoms with E-state index in [4.69, 9.17) is 0 Å². The number of hydrogen-bond donors (Lipinski definition) is 0. The maximum atomic E-state index is 9.56. The van der Waals surface area contributed by atoms with E-state index in [1.165, 1.54) is 0 Å². The van der Waals surface area contributed by atoms with Crippen LogP contribution >= 0.6 is 0 Å². The minimum atomic E-state index is -0.611. The smallest absolute Gasteiger partial charge is 0.0148 e. The lowest BCUT2D eigenvalue weighted by atomic mass is 11.9. The van der Waals surface area contributed by atoms with Crippen molar-refractivity contribution in [2.45, 2.75) is 0 Å². The van der Waals surface area contributed by atoms with E-state index in [1.807, 2.05) is 0 Å². The summed E-state index contributed by atoms with van der Waals surface area (Å²) in [6.45, 7) is 0. The summed E-state index contributed by atoms with van der Waals surface area (Å²) < 4.78 is 9.56. The van der Waals surface area contributed by atoms with Crippen molar-refractivity contribution in [2.75, 3.05) is 12.5 Å². The van der Waals surface area contributed by atoms with E-state index in [0.717, 1.165) is 0 Å². The van der Waals surface area contributed by atoms with Crippen molar-refractivity contribution in [3.8, 4) is 0 Å². The lowest BCUT2D eigenvalue weighted by molar-refractivity contribution is 0.690. The zero-order chi connectivity index (χ0) is 3.58. The third kappa shape index (κ3) is 126. The van der Waals surface area contributed by atoms with Crippen molar-refractivity contribution < 1.29 is 5.64 Å². The first kappa shape index (κ1) is 4.15. The molecule has 0 aliphatic heterocycles. The lowest BCUT2D eigenvalue weighted by Gasteiger charge is -1.60. The minimum absolute atomic E-state index is 0. The molecule has 0 amide bonds. The van der Waals surface area contributed by atoms with E-state index >= 15 is 0 Å². The van der Waals surface area contributed by atoms with E-state index in [2.05, 4.69) is 0 Å². The van der Waals surface area contributed by atoms with Crippen molar-refractivity contribution in [2.24, 2.45) is 0 Å². The molecule has 0 aromatic carbocycles. The van der Waals surface area contributed by atoms with Gasteiger partial charge in [-0.1, -0.05) is 0 Å². The minimum Gasteiger partial charge on any atom is -0.260 e. The Morgan fingerprint density at radius 3 is 1.75 bits per heavy atom. The van der Waals surface area contributed by atoms with Crippen LogP contribution in [0.15, 0.2) is 0 Å². The molecule has 0 spiro atoms. The maximum Gasteiger partial charge on any atom is 0.0148 e. The molecule has 0 bridgehead atoms. The molecule has 1 nitrogen and oxygen atoms in total. The highest BCUT2D eigenvalue weighted by Crippen LogP contribution is 1.47. The SMILES string of the molecule is CS(C)=O.[HH]. The van der Waals surface area contributed by atoms with Crippen molar-refractivity contribution in [1.29, 1.82) is 0 Å². The van der Waals surface area contributed by atoms with Gasteiger partial charge < -0.3 is 0 Å². The van der Waals surface area contributed by atoms with Crippen LogP contribution in [0.3, 0.4) is 0 Å². The molecule has 0 aromatic heterocycles. The summed E-state index contributed by atoms with van der Waals surface area (Å²) in [5.41, 5.74) is 0. The van der Waals surface area contributed by atoms with Gasteiger partial charge in [0.25, 0.3) is 0 Å². The van der Waals surface area contributed by atoms with Gasteiger partial charge in [0.15, 0.2) is 0 Å². The van der Waals surface area contributed by atoms with Crippen LogP contribution in [0.25, 0.3) is 0 Å². The van der Waals surface area contributed by atoms with Crippen molar-refractivity contribution >= 4 is 10.8 Å². The molecule has 2 heteroatoms. The second-order valence-electron chi connectivity index (χ2n) is 0.742. The van der Waals surface area contributed by atoms with Gasteiger partial charge in [-0.3, -0.25) is 4.21 Å². The van der Waals surface area contributed by atoms with Crippen LogP contribution in [-0.4, -0.2) is 16.7 Å². The van der Waals surface area contributed by atoms with Crippen molar-refractivity contribution in [3.05, 3.63) is 0 Å². The van der Waals surface area contributed by atoms with Gasteiger partial charge in [-0.25, -0.2) is 0 Å². The molecular formula is C2H8OS. The van der Waals surface area contributed by atoms with Gasteiger partial charge in [0.05, 0.1) is 0 Å². The monoisotopic (exact) mass is 80.0 g/mol. The van der Waals surface area contributed by atoms with Crippen LogP contribution < -0.4 is 0 Å². The van der Waals surface area contributed by atoms with Crippen LogP contribution in [0.2, 0.25) is 0 Å². The summed E-state index contributed by atoms with van der Waals surface area (Å²) in [5.74, 6) is 0. The third-order valence-corrected chi connectivity index (χ3v) is 0. The summed E-state index contributed by atoms with van der Waals surface area (Å²) in [6, 6.07) is 0. The Morgan fingerprint density at radius 2 is 1.75 bits per heavy atom. The van der Waals surface area contributed by atoms with Gasteiger partial charge in [0.1, 0.15) is 0 Å². The van der Waals surface area contributed by atoms with Gasteiger partial charge in [0, 0.05) is 24.7 Å².